The standard InChI is InChI=1S/C10H13NO3/c1-7(12)8-4-2-3-5-9(8)11-6-10(13)14/h2-5,7,11-12H,6H2,1H3,(H,13,14). The molecule has 0 saturated heterocycles. The van der Waals surface area contributed by atoms with E-state index in [1.54, 1.807) is 31.2 Å². The summed E-state index contributed by atoms with van der Waals surface area (Å²) in [6, 6.07) is 7.09. The summed E-state index contributed by atoms with van der Waals surface area (Å²) < 4.78 is 0. The van der Waals surface area contributed by atoms with Gasteiger partial charge in [0, 0.05) is 11.3 Å². The van der Waals surface area contributed by atoms with Crippen molar-refractivity contribution in [3.05, 3.63) is 29.8 Å². The van der Waals surface area contributed by atoms with Crippen LogP contribution in [0, 0.1) is 0 Å². The van der Waals surface area contributed by atoms with Crippen LogP contribution in [0.4, 0.5) is 5.69 Å². The first-order valence-electron chi connectivity index (χ1n) is 4.34. The maximum Gasteiger partial charge on any atom is 0.322 e. The monoisotopic (exact) mass is 195 g/mol. The van der Waals surface area contributed by atoms with Gasteiger partial charge < -0.3 is 15.5 Å². The minimum atomic E-state index is -0.926. The molecule has 0 aliphatic heterocycles. The number of carbonyl (C=O) groups is 1. The third-order valence-corrected chi connectivity index (χ3v) is 1.84. The highest BCUT2D eigenvalue weighted by atomic mass is 16.4. The molecule has 76 valence electrons. The number of carboxylic acid groups (broad SMARTS) is 1. The van der Waals surface area contributed by atoms with Gasteiger partial charge in [0.1, 0.15) is 6.54 Å². The molecule has 0 fully saturated rings. The van der Waals surface area contributed by atoms with Gasteiger partial charge in [0.15, 0.2) is 0 Å². The number of carboxylic acids is 1. The molecular weight excluding hydrogens is 182 g/mol. The van der Waals surface area contributed by atoms with E-state index >= 15 is 0 Å². The third kappa shape index (κ3) is 2.74. The van der Waals surface area contributed by atoms with Crippen molar-refractivity contribution < 1.29 is 15.0 Å². The molecule has 0 radical (unpaired) electrons. The minimum Gasteiger partial charge on any atom is -0.480 e. The lowest BCUT2D eigenvalue weighted by atomic mass is 10.1. The van der Waals surface area contributed by atoms with Crippen molar-refractivity contribution in [2.75, 3.05) is 11.9 Å². The Balaban J connectivity index is 2.79. The smallest absolute Gasteiger partial charge is 0.322 e. The molecule has 1 aromatic carbocycles. The summed E-state index contributed by atoms with van der Waals surface area (Å²) in [5.41, 5.74) is 1.36. The summed E-state index contributed by atoms with van der Waals surface area (Å²) >= 11 is 0. The zero-order chi connectivity index (χ0) is 10.6. The number of aliphatic hydroxyl groups is 1. The molecule has 1 atom stereocenters. The lowest BCUT2D eigenvalue weighted by Crippen LogP contribution is -2.13. The van der Waals surface area contributed by atoms with Gasteiger partial charge in [-0.2, -0.15) is 0 Å². The van der Waals surface area contributed by atoms with Crippen LogP contribution < -0.4 is 5.32 Å². The Morgan fingerprint density at radius 3 is 2.71 bits per heavy atom. The number of anilines is 1. The van der Waals surface area contributed by atoms with Crippen LogP contribution in [0.15, 0.2) is 24.3 Å². The van der Waals surface area contributed by atoms with Crippen LogP contribution in [0.2, 0.25) is 0 Å². The van der Waals surface area contributed by atoms with E-state index in [0.29, 0.717) is 11.3 Å². The molecule has 3 N–H and O–H groups in total. The molecule has 4 nitrogen and oxygen atoms in total. The highest BCUT2D eigenvalue weighted by Gasteiger charge is 2.07. The molecule has 0 aliphatic carbocycles. The highest BCUT2D eigenvalue weighted by molar-refractivity contribution is 5.73. The number of hydrogen-bond donors (Lipinski definition) is 3. The summed E-state index contributed by atoms with van der Waals surface area (Å²) in [6.07, 6.45) is -0.604. The van der Waals surface area contributed by atoms with Gasteiger partial charge in [-0.15, -0.1) is 0 Å². The Kier molecular flexibility index (Phi) is 3.48. The number of hydrogen-bond acceptors (Lipinski definition) is 3. The number of aliphatic carboxylic acids is 1. The topological polar surface area (TPSA) is 69.6 Å². The Morgan fingerprint density at radius 2 is 2.14 bits per heavy atom. The fraction of sp³-hybridized carbons (Fsp3) is 0.300. The van der Waals surface area contributed by atoms with E-state index in [9.17, 15) is 9.90 Å². The van der Waals surface area contributed by atoms with Crippen LogP contribution in [0.25, 0.3) is 0 Å². The molecule has 4 heteroatoms. The average molecular weight is 195 g/mol. The fourth-order valence-corrected chi connectivity index (χ4v) is 1.19. The first-order chi connectivity index (χ1) is 6.61. The molecule has 0 bridgehead atoms. The predicted octanol–water partition coefficient (Wildman–Crippen LogP) is 1.24. The van der Waals surface area contributed by atoms with Gasteiger partial charge in [-0.25, -0.2) is 0 Å². The molecule has 1 rings (SSSR count). The Labute approximate surface area is 82.2 Å². The second kappa shape index (κ2) is 4.62. The third-order valence-electron chi connectivity index (χ3n) is 1.84. The Bertz CT molecular complexity index is 323. The van der Waals surface area contributed by atoms with Gasteiger partial charge in [0.2, 0.25) is 0 Å². The van der Waals surface area contributed by atoms with Crippen molar-refractivity contribution in [2.45, 2.75) is 13.0 Å². The van der Waals surface area contributed by atoms with E-state index in [-0.39, 0.29) is 6.54 Å². The molecule has 1 aromatic rings. The number of benzene rings is 1. The van der Waals surface area contributed by atoms with Crippen molar-refractivity contribution in [3.63, 3.8) is 0 Å². The number of nitrogens with one attached hydrogen (secondary N) is 1. The van der Waals surface area contributed by atoms with Crippen molar-refractivity contribution in [3.8, 4) is 0 Å². The molecular formula is C10H13NO3. The zero-order valence-corrected chi connectivity index (χ0v) is 7.90. The van der Waals surface area contributed by atoms with Crippen molar-refractivity contribution in [1.82, 2.24) is 0 Å². The second-order valence-electron chi connectivity index (χ2n) is 3.01. The summed E-state index contributed by atoms with van der Waals surface area (Å²) in [5, 5.41) is 20.6. The molecule has 0 aromatic heterocycles. The van der Waals surface area contributed by atoms with E-state index in [2.05, 4.69) is 5.32 Å². The summed E-state index contributed by atoms with van der Waals surface area (Å²) in [4.78, 5) is 10.3. The molecule has 0 spiro atoms. The van der Waals surface area contributed by atoms with Crippen LogP contribution in [0.1, 0.15) is 18.6 Å². The van der Waals surface area contributed by atoms with Crippen LogP contribution >= 0.6 is 0 Å². The normalized spacial score (nSPS) is 12.1. The first kappa shape index (κ1) is 10.5. The van der Waals surface area contributed by atoms with Gasteiger partial charge in [0.25, 0.3) is 0 Å². The van der Waals surface area contributed by atoms with E-state index < -0.39 is 12.1 Å². The van der Waals surface area contributed by atoms with Crippen molar-refractivity contribution >= 4 is 11.7 Å². The lowest BCUT2D eigenvalue weighted by molar-refractivity contribution is -0.134. The van der Waals surface area contributed by atoms with Gasteiger partial charge in [0.05, 0.1) is 6.10 Å². The largest absolute Gasteiger partial charge is 0.480 e. The van der Waals surface area contributed by atoms with Crippen LogP contribution in [-0.4, -0.2) is 22.7 Å². The summed E-state index contributed by atoms with van der Waals surface area (Å²) in [5.74, 6) is -0.926. The summed E-state index contributed by atoms with van der Waals surface area (Å²) in [7, 11) is 0. The van der Waals surface area contributed by atoms with Crippen LogP contribution in [0.3, 0.4) is 0 Å². The number of rotatable bonds is 4. The second-order valence-corrected chi connectivity index (χ2v) is 3.01. The average Bonchev–Trinajstić information content (AvgIpc) is 2.15. The van der Waals surface area contributed by atoms with E-state index in [1.807, 2.05) is 0 Å². The van der Waals surface area contributed by atoms with E-state index in [4.69, 9.17) is 5.11 Å². The molecule has 0 amide bonds. The number of para-hydroxylation sites is 1. The Morgan fingerprint density at radius 1 is 1.50 bits per heavy atom. The predicted molar refractivity (Wildman–Crippen MR) is 53.2 cm³/mol. The highest BCUT2D eigenvalue weighted by Crippen LogP contribution is 2.21. The van der Waals surface area contributed by atoms with E-state index in [1.165, 1.54) is 0 Å². The SMILES string of the molecule is CC(O)c1ccccc1NCC(=O)O. The van der Waals surface area contributed by atoms with Gasteiger partial charge in [-0.1, -0.05) is 18.2 Å². The van der Waals surface area contributed by atoms with Crippen molar-refractivity contribution in [1.29, 1.82) is 0 Å². The fourth-order valence-electron chi connectivity index (χ4n) is 1.19. The zero-order valence-electron chi connectivity index (χ0n) is 7.90. The van der Waals surface area contributed by atoms with Gasteiger partial charge >= 0.3 is 5.97 Å². The lowest BCUT2D eigenvalue weighted by Gasteiger charge is -2.12. The minimum absolute atomic E-state index is 0.149. The molecule has 14 heavy (non-hydrogen) atoms. The van der Waals surface area contributed by atoms with Gasteiger partial charge in [-0.05, 0) is 13.0 Å². The molecule has 0 heterocycles. The maximum absolute atomic E-state index is 10.3. The van der Waals surface area contributed by atoms with E-state index in [0.717, 1.165) is 0 Å². The van der Waals surface area contributed by atoms with Gasteiger partial charge in [-0.3, -0.25) is 4.79 Å². The first-order valence-corrected chi connectivity index (χ1v) is 4.34. The molecule has 1 unspecified atom stereocenters. The summed E-state index contributed by atoms with van der Waals surface area (Å²) in [6.45, 7) is 1.49. The quantitative estimate of drug-likeness (QED) is 0.676. The van der Waals surface area contributed by atoms with Crippen LogP contribution in [-0.2, 0) is 4.79 Å². The molecule has 0 aliphatic rings. The van der Waals surface area contributed by atoms with Crippen molar-refractivity contribution in [2.24, 2.45) is 0 Å². The maximum atomic E-state index is 10.3. The Hall–Kier alpha value is -1.55. The number of aliphatic hydroxyl groups excluding tert-OH is 1. The van der Waals surface area contributed by atoms with Crippen LogP contribution in [0.5, 0.6) is 0 Å². The molecule has 0 saturated carbocycles.